The molecule has 0 saturated heterocycles. The molecule has 0 bridgehead atoms. The van der Waals surface area contributed by atoms with Crippen LogP contribution >= 0.6 is 0 Å². The monoisotopic (exact) mass is 191 g/mol. The van der Waals surface area contributed by atoms with E-state index >= 15 is 0 Å². The van der Waals surface area contributed by atoms with Crippen LogP contribution in [-0.4, -0.2) is 23.6 Å². The molecule has 1 heterocycles. The second-order valence-electron chi connectivity index (χ2n) is 4.28. The van der Waals surface area contributed by atoms with Gasteiger partial charge in [-0.25, -0.2) is 9.97 Å². The Morgan fingerprint density at radius 2 is 1.86 bits per heavy atom. The van der Waals surface area contributed by atoms with Crippen molar-refractivity contribution in [3.8, 4) is 0 Å². The molecule has 1 aliphatic carbocycles. The lowest BCUT2D eigenvalue weighted by Crippen LogP contribution is -2.26. The first-order chi connectivity index (χ1) is 6.66. The van der Waals surface area contributed by atoms with Gasteiger partial charge in [-0.2, -0.15) is 0 Å². The number of likely N-dealkylation sites (N-methyl/N-ethyl adjacent to an activating group) is 1. The Bertz CT molecular complexity index is 322. The van der Waals surface area contributed by atoms with E-state index in [2.05, 4.69) is 15.3 Å². The maximum absolute atomic E-state index is 4.54. The van der Waals surface area contributed by atoms with Crippen LogP contribution in [0.25, 0.3) is 0 Å². The van der Waals surface area contributed by atoms with Crippen molar-refractivity contribution < 1.29 is 0 Å². The molecule has 0 radical (unpaired) electrons. The fraction of sp³-hybridized carbons (Fsp3) is 0.636. The number of nitrogens with one attached hydrogen (secondary N) is 1. The number of rotatable bonds is 3. The Morgan fingerprint density at radius 1 is 1.29 bits per heavy atom. The van der Waals surface area contributed by atoms with Crippen LogP contribution in [0.2, 0.25) is 0 Å². The molecular weight excluding hydrogens is 174 g/mol. The third kappa shape index (κ3) is 1.64. The summed E-state index contributed by atoms with van der Waals surface area (Å²) in [4.78, 5) is 9.07. The topological polar surface area (TPSA) is 37.8 Å². The molecule has 1 fully saturated rings. The summed E-state index contributed by atoms with van der Waals surface area (Å²) in [7, 11) is 1.99. The van der Waals surface area contributed by atoms with Crippen LogP contribution in [0.5, 0.6) is 0 Å². The molecule has 0 atom stereocenters. The van der Waals surface area contributed by atoms with Crippen molar-refractivity contribution in [2.45, 2.75) is 32.1 Å². The molecule has 0 aliphatic heterocycles. The van der Waals surface area contributed by atoms with Gasteiger partial charge in [-0.15, -0.1) is 0 Å². The number of aromatic nitrogens is 2. The zero-order valence-corrected chi connectivity index (χ0v) is 9.09. The van der Waals surface area contributed by atoms with E-state index in [0.717, 1.165) is 23.8 Å². The van der Waals surface area contributed by atoms with Crippen molar-refractivity contribution in [1.29, 1.82) is 0 Å². The molecule has 1 aromatic rings. The largest absolute Gasteiger partial charge is 0.319 e. The van der Waals surface area contributed by atoms with Gasteiger partial charge in [-0.3, -0.25) is 0 Å². The van der Waals surface area contributed by atoms with Gasteiger partial charge in [0.25, 0.3) is 0 Å². The predicted octanol–water partition coefficient (Wildman–Crippen LogP) is 1.34. The second-order valence-corrected chi connectivity index (χ2v) is 4.28. The molecular formula is C11H17N3. The first-order valence-electron chi connectivity index (χ1n) is 5.14. The van der Waals surface area contributed by atoms with Crippen molar-refractivity contribution in [2.24, 2.45) is 0 Å². The van der Waals surface area contributed by atoms with Crippen LogP contribution < -0.4 is 5.32 Å². The van der Waals surface area contributed by atoms with Gasteiger partial charge >= 0.3 is 0 Å². The van der Waals surface area contributed by atoms with Crippen molar-refractivity contribution >= 4 is 0 Å². The van der Waals surface area contributed by atoms with E-state index in [1.54, 1.807) is 0 Å². The molecule has 1 N–H and O–H groups in total. The van der Waals surface area contributed by atoms with E-state index in [4.69, 9.17) is 0 Å². The average Bonchev–Trinajstić information content (AvgIpc) is 2.84. The van der Waals surface area contributed by atoms with Crippen LogP contribution in [0.4, 0.5) is 0 Å². The normalized spacial score (nSPS) is 18.2. The third-order valence-corrected chi connectivity index (χ3v) is 2.83. The summed E-state index contributed by atoms with van der Waals surface area (Å²) in [5, 5.41) is 3.23. The molecule has 3 nitrogen and oxygen atoms in total. The molecule has 3 heteroatoms. The number of aryl methyl sites for hydroxylation is 2. The molecule has 1 aromatic heterocycles. The second kappa shape index (κ2) is 3.31. The standard InChI is InChI=1S/C11H17N3/c1-8-6-9(2)14-10(13-8)11(4-5-11)7-12-3/h6,12H,4-5,7H2,1-3H3. The summed E-state index contributed by atoms with van der Waals surface area (Å²) in [5.74, 6) is 1.03. The Morgan fingerprint density at radius 3 is 2.29 bits per heavy atom. The highest BCUT2D eigenvalue weighted by molar-refractivity contribution is 5.22. The highest BCUT2D eigenvalue weighted by Gasteiger charge is 2.46. The maximum atomic E-state index is 4.54. The number of nitrogens with zero attached hydrogens (tertiary/aromatic N) is 2. The van der Waals surface area contributed by atoms with Gasteiger partial charge in [0.05, 0.1) is 0 Å². The van der Waals surface area contributed by atoms with Crippen molar-refractivity contribution in [3.63, 3.8) is 0 Å². The molecule has 1 aliphatic rings. The van der Waals surface area contributed by atoms with E-state index in [9.17, 15) is 0 Å². The van der Waals surface area contributed by atoms with Crippen LogP contribution in [0.15, 0.2) is 6.07 Å². The van der Waals surface area contributed by atoms with Crippen LogP contribution in [0, 0.1) is 13.8 Å². The molecule has 76 valence electrons. The SMILES string of the molecule is CNCC1(c2nc(C)cc(C)n2)CC1. The van der Waals surface area contributed by atoms with E-state index in [0.29, 0.717) is 0 Å². The molecule has 0 spiro atoms. The third-order valence-electron chi connectivity index (χ3n) is 2.83. The summed E-state index contributed by atoms with van der Waals surface area (Å²) >= 11 is 0. The molecule has 0 amide bonds. The summed E-state index contributed by atoms with van der Waals surface area (Å²) in [6.45, 7) is 5.07. The minimum absolute atomic E-state index is 0.242. The van der Waals surface area contributed by atoms with Crippen molar-refractivity contribution in [1.82, 2.24) is 15.3 Å². The Hall–Kier alpha value is -0.960. The van der Waals surface area contributed by atoms with Crippen molar-refractivity contribution in [3.05, 3.63) is 23.3 Å². The molecule has 0 unspecified atom stereocenters. The Labute approximate surface area is 85.0 Å². The van der Waals surface area contributed by atoms with Gasteiger partial charge in [0, 0.05) is 23.3 Å². The molecule has 1 saturated carbocycles. The lowest BCUT2D eigenvalue weighted by atomic mass is 10.1. The Balaban J connectivity index is 2.32. The lowest BCUT2D eigenvalue weighted by Gasteiger charge is -2.13. The van der Waals surface area contributed by atoms with Crippen LogP contribution in [0.1, 0.15) is 30.1 Å². The molecule has 2 rings (SSSR count). The molecule has 14 heavy (non-hydrogen) atoms. The summed E-state index contributed by atoms with van der Waals surface area (Å²) in [5.41, 5.74) is 2.40. The Kier molecular flexibility index (Phi) is 2.27. The maximum Gasteiger partial charge on any atom is 0.136 e. The summed E-state index contributed by atoms with van der Waals surface area (Å²) in [6.07, 6.45) is 2.44. The van der Waals surface area contributed by atoms with E-state index < -0.39 is 0 Å². The number of hydrogen-bond acceptors (Lipinski definition) is 3. The minimum Gasteiger partial charge on any atom is -0.319 e. The van der Waals surface area contributed by atoms with Crippen LogP contribution in [-0.2, 0) is 5.41 Å². The molecule has 0 aromatic carbocycles. The van der Waals surface area contributed by atoms with E-state index in [-0.39, 0.29) is 5.41 Å². The first-order valence-corrected chi connectivity index (χ1v) is 5.14. The average molecular weight is 191 g/mol. The summed E-state index contributed by atoms with van der Waals surface area (Å²) in [6, 6.07) is 2.03. The van der Waals surface area contributed by atoms with Gasteiger partial charge < -0.3 is 5.32 Å². The highest BCUT2D eigenvalue weighted by atomic mass is 15.0. The number of hydrogen-bond donors (Lipinski definition) is 1. The van der Waals surface area contributed by atoms with Gasteiger partial charge in [0.1, 0.15) is 5.82 Å². The quantitative estimate of drug-likeness (QED) is 0.783. The zero-order chi connectivity index (χ0) is 10.2. The van der Waals surface area contributed by atoms with E-state index in [1.807, 2.05) is 27.0 Å². The van der Waals surface area contributed by atoms with Gasteiger partial charge in [0.15, 0.2) is 0 Å². The van der Waals surface area contributed by atoms with Gasteiger partial charge in [-0.05, 0) is 39.8 Å². The zero-order valence-electron chi connectivity index (χ0n) is 9.09. The van der Waals surface area contributed by atoms with Gasteiger partial charge in [-0.1, -0.05) is 0 Å². The van der Waals surface area contributed by atoms with Crippen LogP contribution in [0.3, 0.4) is 0 Å². The minimum atomic E-state index is 0.242. The van der Waals surface area contributed by atoms with Crippen molar-refractivity contribution in [2.75, 3.05) is 13.6 Å². The van der Waals surface area contributed by atoms with E-state index in [1.165, 1.54) is 12.8 Å². The highest BCUT2D eigenvalue weighted by Crippen LogP contribution is 2.45. The van der Waals surface area contributed by atoms with Gasteiger partial charge in [0.2, 0.25) is 0 Å². The lowest BCUT2D eigenvalue weighted by molar-refractivity contribution is 0.583. The fourth-order valence-electron chi connectivity index (χ4n) is 1.93. The fourth-order valence-corrected chi connectivity index (χ4v) is 1.93. The summed E-state index contributed by atoms with van der Waals surface area (Å²) < 4.78 is 0. The first kappa shape index (κ1) is 9.59. The predicted molar refractivity (Wildman–Crippen MR) is 56.3 cm³/mol. The smallest absolute Gasteiger partial charge is 0.136 e.